The lowest BCUT2D eigenvalue weighted by atomic mass is 11.5. The molecule has 0 atom stereocenters. The molecule has 0 amide bonds. The number of rotatable bonds is 0. The molecule has 0 aliphatic heterocycles. The summed E-state index contributed by atoms with van der Waals surface area (Å²) in [5.74, 6) is 3.50. The van der Waals surface area contributed by atoms with E-state index in [4.69, 9.17) is 35.2 Å². The average molecular weight is 157 g/mol. The van der Waals surface area contributed by atoms with E-state index in [1.54, 1.807) is 0 Å². The first-order valence-electron chi connectivity index (χ1n) is 1.56. The van der Waals surface area contributed by atoms with Gasteiger partial charge in [-0.25, -0.2) is 15.5 Å². The molecule has 8 nitrogen and oxygen atoms in total. The molecule has 0 aliphatic rings. The van der Waals surface area contributed by atoms with Crippen LogP contribution in [0.2, 0.25) is 0 Å². The van der Waals surface area contributed by atoms with Gasteiger partial charge in [-0.1, -0.05) is 0 Å². The second-order valence-corrected chi connectivity index (χ2v) is 0.565. The van der Waals surface area contributed by atoms with E-state index in [-0.39, 0.29) is 0 Å². The molecule has 0 unspecified atom stereocenters. The summed E-state index contributed by atoms with van der Waals surface area (Å²) in [7, 11) is 0. The fraction of sp³-hybridized carbons (Fsp3) is 0. The topological polar surface area (TPSA) is 161 Å². The van der Waals surface area contributed by atoms with E-state index in [9.17, 15) is 0 Å². The van der Waals surface area contributed by atoms with Crippen molar-refractivity contribution in [2.75, 3.05) is 0 Å². The van der Waals surface area contributed by atoms with Gasteiger partial charge in [0.2, 0.25) is 0 Å². The lowest BCUT2D eigenvalue weighted by molar-refractivity contribution is 0.135. The van der Waals surface area contributed by atoms with Crippen molar-refractivity contribution in [1.82, 2.24) is 0 Å². The summed E-state index contributed by atoms with van der Waals surface area (Å²) in [5.41, 5.74) is 0. The molecular formula is C2H7NO7. The maximum Gasteiger partial charge on any atom is 0.503 e. The van der Waals surface area contributed by atoms with Gasteiger partial charge in [-0.3, -0.25) is 0 Å². The Morgan fingerprint density at radius 2 is 0.800 bits per heavy atom. The van der Waals surface area contributed by atoms with Gasteiger partial charge in [-0.2, -0.15) is 0 Å². The number of nitrogens with two attached hydrogens (primary N) is 1. The summed E-state index contributed by atoms with van der Waals surface area (Å²) in [6, 6.07) is 0. The van der Waals surface area contributed by atoms with Crippen LogP contribution in [0.15, 0.2) is 0 Å². The minimum Gasteiger partial charge on any atom is -0.450 e. The summed E-state index contributed by atoms with van der Waals surface area (Å²) in [6.07, 6.45) is -3.67. The summed E-state index contributed by atoms with van der Waals surface area (Å²) in [5, 5.41) is 34.4. The molecule has 0 rings (SSSR count). The van der Waals surface area contributed by atoms with E-state index < -0.39 is 12.3 Å². The predicted molar refractivity (Wildman–Crippen MR) is 27.3 cm³/mol. The Kier molecular flexibility index (Phi) is 24.7. The SMILES string of the molecule is NO.O=C(O)O.O=C(O)O. The first-order valence-corrected chi connectivity index (χ1v) is 1.56. The highest BCUT2D eigenvalue weighted by Crippen LogP contribution is 1.43. The summed E-state index contributed by atoms with van der Waals surface area (Å²) in [4.78, 5) is 17.1. The van der Waals surface area contributed by atoms with Crippen molar-refractivity contribution in [3.8, 4) is 0 Å². The van der Waals surface area contributed by atoms with Gasteiger partial charge >= 0.3 is 12.3 Å². The molecule has 0 fully saturated rings. The zero-order valence-corrected chi connectivity index (χ0v) is 4.63. The van der Waals surface area contributed by atoms with E-state index in [1.807, 2.05) is 0 Å². The monoisotopic (exact) mass is 157 g/mol. The number of carboxylic acid groups (broad SMARTS) is 4. The second-order valence-electron chi connectivity index (χ2n) is 0.565. The van der Waals surface area contributed by atoms with E-state index >= 15 is 0 Å². The second kappa shape index (κ2) is 15.7. The largest absolute Gasteiger partial charge is 0.503 e. The van der Waals surface area contributed by atoms with Crippen LogP contribution >= 0.6 is 0 Å². The van der Waals surface area contributed by atoms with Crippen LogP contribution < -0.4 is 5.90 Å². The maximum atomic E-state index is 8.56. The number of hydrogen-bond acceptors (Lipinski definition) is 4. The van der Waals surface area contributed by atoms with Gasteiger partial charge in [0.1, 0.15) is 0 Å². The fourth-order valence-electron chi connectivity index (χ4n) is 0. The van der Waals surface area contributed by atoms with Crippen LogP contribution in [0.4, 0.5) is 9.59 Å². The fourth-order valence-corrected chi connectivity index (χ4v) is 0. The molecule has 0 heterocycles. The normalized spacial score (nSPS) is 5.40. The summed E-state index contributed by atoms with van der Waals surface area (Å²) >= 11 is 0. The minimum absolute atomic E-state index is 1.83. The standard InChI is InChI=1S/2CH2O3.H3NO/c2*2-1(3)4;1-2/h2*(H2,2,3,4);2H,1H2. The molecule has 0 radical (unpaired) electrons. The third-order valence-corrected chi connectivity index (χ3v) is 0. The Hall–Kier alpha value is -1.54. The first kappa shape index (κ1) is 15.8. The van der Waals surface area contributed by atoms with E-state index in [1.165, 1.54) is 0 Å². The van der Waals surface area contributed by atoms with Crippen molar-refractivity contribution in [1.29, 1.82) is 0 Å². The molecular weight excluding hydrogens is 150 g/mol. The van der Waals surface area contributed by atoms with Crippen LogP contribution in [-0.4, -0.2) is 37.9 Å². The number of carbonyl (C=O) groups is 2. The van der Waals surface area contributed by atoms with Crippen LogP contribution in [0.3, 0.4) is 0 Å². The minimum atomic E-state index is -1.83. The van der Waals surface area contributed by atoms with Crippen LogP contribution in [-0.2, 0) is 0 Å². The third kappa shape index (κ3) is 81.2. The van der Waals surface area contributed by atoms with E-state index in [0.29, 0.717) is 0 Å². The van der Waals surface area contributed by atoms with Gasteiger partial charge in [0.25, 0.3) is 0 Å². The molecule has 0 bridgehead atoms. The molecule has 0 spiro atoms. The van der Waals surface area contributed by atoms with Crippen molar-refractivity contribution in [2.45, 2.75) is 0 Å². The quantitative estimate of drug-likeness (QED) is 0.263. The van der Waals surface area contributed by atoms with Gasteiger partial charge in [-0.15, -0.1) is 0 Å². The first-order chi connectivity index (χ1) is 4.46. The van der Waals surface area contributed by atoms with Crippen molar-refractivity contribution in [3.05, 3.63) is 0 Å². The Morgan fingerprint density at radius 3 is 0.800 bits per heavy atom. The Morgan fingerprint density at radius 1 is 0.800 bits per heavy atom. The highest BCUT2D eigenvalue weighted by molar-refractivity contribution is 5.53. The molecule has 8 heteroatoms. The van der Waals surface area contributed by atoms with Crippen LogP contribution in [0.1, 0.15) is 0 Å². The highest BCUT2D eigenvalue weighted by atomic mass is 16.6. The zero-order chi connectivity index (χ0) is 9.15. The third-order valence-electron chi connectivity index (χ3n) is 0. The average Bonchev–Trinajstić information content (AvgIpc) is 1.66. The van der Waals surface area contributed by atoms with Crippen molar-refractivity contribution in [3.63, 3.8) is 0 Å². The van der Waals surface area contributed by atoms with E-state index in [0.717, 1.165) is 0 Å². The highest BCUT2D eigenvalue weighted by Gasteiger charge is 1.70. The summed E-state index contributed by atoms with van der Waals surface area (Å²) in [6.45, 7) is 0. The molecule has 0 saturated carbocycles. The van der Waals surface area contributed by atoms with Crippen molar-refractivity contribution in [2.24, 2.45) is 5.90 Å². The Bertz CT molecular complexity index is 69.6. The van der Waals surface area contributed by atoms with Gasteiger partial charge in [-0.05, 0) is 0 Å². The molecule has 0 aromatic rings. The van der Waals surface area contributed by atoms with Crippen LogP contribution in [0.25, 0.3) is 0 Å². The van der Waals surface area contributed by atoms with Crippen molar-refractivity contribution < 1.29 is 35.2 Å². The van der Waals surface area contributed by atoms with Gasteiger partial charge < -0.3 is 25.6 Å². The van der Waals surface area contributed by atoms with Gasteiger partial charge in [0.05, 0.1) is 0 Å². The Balaban J connectivity index is -0.0000000787. The van der Waals surface area contributed by atoms with Crippen molar-refractivity contribution >= 4 is 12.3 Å². The lowest BCUT2D eigenvalue weighted by Gasteiger charge is -1.60. The molecule has 62 valence electrons. The predicted octanol–water partition coefficient (Wildman–Crippen LogP) is -0.221. The molecule has 7 N–H and O–H groups in total. The lowest BCUT2D eigenvalue weighted by Crippen LogP contribution is -1.81. The van der Waals surface area contributed by atoms with Gasteiger partial charge in [0, 0.05) is 0 Å². The molecule has 10 heavy (non-hydrogen) atoms. The molecule has 0 saturated heterocycles. The van der Waals surface area contributed by atoms with Gasteiger partial charge in [0.15, 0.2) is 0 Å². The molecule has 0 aromatic heterocycles. The smallest absolute Gasteiger partial charge is 0.450 e. The summed E-state index contributed by atoms with van der Waals surface area (Å²) < 4.78 is 0. The van der Waals surface area contributed by atoms with Crippen LogP contribution in [0, 0.1) is 0 Å². The van der Waals surface area contributed by atoms with E-state index in [2.05, 4.69) is 5.90 Å². The molecule has 0 aliphatic carbocycles. The molecule has 0 aromatic carbocycles. The van der Waals surface area contributed by atoms with Crippen LogP contribution in [0.5, 0.6) is 0 Å². The maximum absolute atomic E-state index is 8.56. The zero-order valence-electron chi connectivity index (χ0n) is 4.63. The Labute approximate surface area is 54.7 Å². The number of hydrogen-bond donors (Lipinski definition) is 6.